The zero-order valence-corrected chi connectivity index (χ0v) is 15.8. The Hall–Kier alpha value is -2.96. The molecule has 0 aliphatic carbocycles. The molecule has 2 aromatic rings. The Bertz CT molecular complexity index is 751. The van der Waals surface area contributed by atoms with Gasteiger partial charge >= 0.3 is 0 Å². The van der Waals surface area contributed by atoms with Gasteiger partial charge in [0.15, 0.2) is 17.5 Å². The molecule has 0 radical (unpaired) electrons. The highest BCUT2D eigenvalue weighted by atomic mass is 19.1. The van der Waals surface area contributed by atoms with E-state index < -0.39 is 0 Å². The van der Waals surface area contributed by atoms with Gasteiger partial charge < -0.3 is 25.2 Å². The molecule has 0 amide bonds. The summed E-state index contributed by atoms with van der Waals surface area (Å²) in [6.07, 6.45) is -0.135. The third kappa shape index (κ3) is 6.69. The Kier molecular flexibility index (Phi) is 7.73. The number of phenols is 1. The minimum absolute atomic E-state index is 0.0875. The number of halogens is 1. The SMILES string of the molecule is CCNC(=NCc1ccc(OC)c(O)c1)NCC(C)Oc1ccc(F)cc1. The number of hydrogen-bond donors (Lipinski definition) is 3. The minimum atomic E-state index is -0.292. The molecule has 2 aromatic carbocycles. The molecule has 0 spiro atoms. The lowest BCUT2D eigenvalue weighted by atomic mass is 10.2. The van der Waals surface area contributed by atoms with Crippen LogP contribution in [0.1, 0.15) is 19.4 Å². The molecular weight excluding hydrogens is 349 g/mol. The summed E-state index contributed by atoms with van der Waals surface area (Å²) in [6.45, 7) is 5.54. The van der Waals surface area contributed by atoms with E-state index in [1.165, 1.54) is 19.2 Å². The first-order valence-corrected chi connectivity index (χ1v) is 8.82. The first kappa shape index (κ1) is 20.4. The second kappa shape index (κ2) is 10.3. The number of nitrogens with zero attached hydrogens (tertiary/aromatic N) is 1. The van der Waals surface area contributed by atoms with Crippen molar-refractivity contribution in [3.63, 3.8) is 0 Å². The van der Waals surface area contributed by atoms with E-state index in [0.29, 0.717) is 37.1 Å². The second-order valence-corrected chi connectivity index (χ2v) is 5.96. The summed E-state index contributed by atoms with van der Waals surface area (Å²) >= 11 is 0. The largest absolute Gasteiger partial charge is 0.504 e. The fourth-order valence-electron chi connectivity index (χ4n) is 2.37. The van der Waals surface area contributed by atoms with E-state index >= 15 is 0 Å². The van der Waals surface area contributed by atoms with Crippen molar-refractivity contribution in [1.29, 1.82) is 0 Å². The monoisotopic (exact) mass is 375 g/mol. The maximum Gasteiger partial charge on any atom is 0.191 e. The van der Waals surface area contributed by atoms with Gasteiger partial charge in [0.1, 0.15) is 17.7 Å². The molecule has 1 atom stereocenters. The molecule has 7 heteroatoms. The number of guanidine groups is 1. The van der Waals surface area contributed by atoms with Crippen LogP contribution in [0, 0.1) is 5.82 Å². The van der Waals surface area contributed by atoms with Crippen LogP contribution in [0.4, 0.5) is 4.39 Å². The average Bonchev–Trinajstić information content (AvgIpc) is 2.66. The van der Waals surface area contributed by atoms with Crippen molar-refractivity contribution in [2.75, 3.05) is 20.2 Å². The highest BCUT2D eigenvalue weighted by molar-refractivity contribution is 5.79. The second-order valence-electron chi connectivity index (χ2n) is 5.96. The van der Waals surface area contributed by atoms with Crippen LogP contribution in [0.5, 0.6) is 17.2 Å². The Labute approximate surface area is 159 Å². The van der Waals surface area contributed by atoms with Crippen molar-refractivity contribution in [2.45, 2.75) is 26.5 Å². The van der Waals surface area contributed by atoms with Gasteiger partial charge in [-0.3, -0.25) is 0 Å². The fourth-order valence-corrected chi connectivity index (χ4v) is 2.37. The van der Waals surface area contributed by atoms with Crippen LogP contribution in [0.15, 0.2) is 47.5 Å². The number of aliphatic imine (C=N–C) groups is 1. The van der Waals surface area contributed by atoms with Crippen LogP contribution in [0.2, 0.25) is 0 Å². The van der Waals surface area contributed by atoms with Crippen LogP contribution in [-0.2, 0) is 6.54 Å². The molecule has 0 fully saturated rings. The molecule has 27 heavy (non-hydrogen) atoms. The third-order valence-electron chi connectivity index (χ3n) is 3.72. The number of nitrogens with one attached hydrogen (secondary N) is 2. The lowest BCUT2D eigenvalue weighted by Gasteiger charge is -2.17. The molecule has 1 unspecified atom stereocenters. The van der Waals surface area contributed by atoms with Gasteiger partial charge in [-0.2, -0.15) is 0 Å². The molecule has 0 aliphatic heterocycles. The standard InChI is InChI=1S/C20H26FN3O3/c1-4-22-20(24-13-15-5-10-19(26-3)18(25)11-15)23-12-14(2)27-17-8-6-16(21)7-9-17/h5-11,14,25H,4,12-13H2,1-3H3,(H2,22,23,24). The highest BCUT2D eigenvalue weighted by Crippen LogP contribution is 2.26. The van der Waals surface area contributed by atoms with E-state index in [-0.39, 0.29) is 17.7 Å². The van der Waals surface area contributed by atoms with Crippen molar-refractivity contribution in [1.82, 2.24) is 10.6 Å². The number of phenolic OH excluding ortho intramolecular Hbond substituents is 1. The fraction of sp³-hybridized carbons (Fsp3) is 0.350. The van der Waals surface area contributed by atoms with Gasteiger partial charge in [0.25, 0.3) is 0 Å². The molecule has 0 heterocycles. The minimum Gasteiger partial charge on any atom is -0.504 e. The third-order valence-corrected chi connectivity index (χ3v) is 3.72. The normalized spacial score (nSPS) is 12.4. The number of rotatable bonds is 8. The van der Waals surface area contributed by atoms with E-state index in [1.54, 1.807) is 24.3 Å². The molecule has 0 saturated carbocycles. The molecule has 0 bridgehead atoms. The number of methoxy groups -OCH3 is 1. The average molecular weight is 375 g/mol. The zero-order chi connectivity index (χ0) is 19.6. The molecular formula is C20H26FN3O3. The maximum atomic E-state index is 12.9. The topological polar surface area (TPSA) is 75.1 Å². The van der Waals surface area contributed by atoms with Gasteiger partial charge in [0.05, 0.1) is 20.2 Å². The molecule has 0 aliphatic rings. The van der Waals surface area contributed by atoms with Crippen LogP contribution in [-0.4, -0.2) is 37.4 Å². The summed E-state index contributed by atoms with van der Waals surface area (Å²) in [5, 5.41) is 16.2. The van der Waals surface area contributed by atoms with Crippen molar-refractivity contribution in [3.05, 3.63) is 53.8 Å². The van der Waals surface area contributed by atoms with Gasteiger partial charge in [-0.15, -0.1) is 0 Å². The van der Waals surface area contributed by atoms with Gasteiger partial charge in [0, 0.05) is 6.54 Å². The molecule has 0 aromatic heterocycles. The van der Waals surface area contributed by atoms with Crippen LogP contribution in [0.25, 0.3) is 0 Å². The van der Waals surface area contributed by atoms with Crippen LogP contribution >= 0.6 is 0 Å². The predicted octanol–water partition coefficient (Wildman–Crippen LogP) is 3.06. The Morgan fingerprint density at radius 2 is 1.93 bits per heavy atom. The van der Waals surface area contributed by atoms with Crippen molar-refractivity contribution < 1.29 is 19.0 Å². The van der Waals surface area contributed by atoms with E-state index in [2.05, 4.69) is 15.6 Å². The molecule has 146 valence electrons. The van der Waals surface area contributed by atoms with Gasteiger partial charge in [-0.1, -0.05) is 6.07 Å². The Balaban J connectivity index is 1.90. The molecule has 3 N–H and O–H groups in total. The van der Waals surface area contributed by atoms with Gasteiger partial charge in [-0.25, -0.2) is 9.38 Å². The maximum absolute atomic E-state index is 12.9. The molecule has 0 saturated heterocycles. The summed E-state index contributed by atoms with van der Waals surface area (Å²) in [7, 11) is 1.51. The molecule has 6 nitrogen and oxygen atoms in total. The lowest BCUT2D eigenvalue weighted by Crippen LogP contribution is -2.41. The Morgan fingerprint density at radius 1 is 1.19 bits per heavy atom. The summed E-state index contributed by atoms with van der Waals surface area (Å²) in [5.41, 5.74) is 0.862. The lowest BCUT2D eigenvalue weighted by molar-refractivity contribution is 0.223. The van der Waals surface area contributed by atoms with E-state index in [4.69, 9.17) is 9.47 Å². The zero-order valence-electron chi connectivity index (χ0n) is 15.8. The van der Waals surface area contributed by atoms with Gasteiger partial charge in [-0.05, 0) is 55.8 Å². The Morgan fingerprint density at radius 3 is 2.56 bits per heavy atom. The van der Waals surface area contributed by atoms with Crippen LogP contribution in [0.3, 0.4) is 0 Å². The molecule has 2 rings (SSSR count). The summed E-state index contributed by atoms with van der Waals surface area (Å²) < 4.78 is 23.7. The first-order chi connectivity index (χ1) is 13.0. The quantitative estimate of drug-likeness (QED) is 0.488. The summed E-state index contributed by atoms with van der Waals surface area (Å²) in [4.78, 5) is 4.51. The predicted molar refractivity (Wildman–Crippen MR) is 104 cm³/mol. The smallest absolute Gasteiger partial charge is 0.191 e. The summed E-state index contributed by atoms with van der Waals surface area (Å²) in [6, 6.07) is 11.1. The van der Waals surface area contributed by atoms with Crippen LogP contribution < -0.4 is 20.1 Å². The number of aromatic hydroxyl groups is 1. The highest BCUT2D eigenvalue weighted by Gasteiger charge is 2.07. The van der Waals surface area contributed by atoms with E-state index in [1.807, 2.05) is 19.9 Å². The number of hydrogen-bond acceptors (Lipinski definition) is 4. The van der Waals surface area contributed by atoms with Gasteiger partial charge in [0.2, 0.25) is 0 Å². The van der Waals surface area contributed by atoms with Crippen molar-refractivity contribution in [3.8, 4) is 17.2 Å². The van der Waals surface area contributed by atoms with Crippen molar-refractivity contribution in [2.24, 2.45) is 4.99 Å². The summed E-state index contributed by atoms with van der Waals surface area (Å²) in [5.74, 6) is 1.48. The van der Waals surface area contributed by atoms with Crippen molar-refractivity contribution >= 4 is 5.96 Å². The first-order valence-electron chi connectivity index (χ1n) is 8.82. The number of benzene rings is 2. The van der Waals surface area contributed by atoms with E-state index in [9.17, 15) is 9.50 Å². The van der Waals surface area contributed by atoms with E-state index in [0.717, 1.165) is 5.56 Å². The number of ether oxygens (including phenoxy) is 2.